The first-order valence-corrected chi connectivity index (χ1v) is 10.6. The zero-order valence-electron chi connectivity index (χ0n) is 17.8. The van der Waals surface area contributed by atoms with Gasteiger partial charge in [0.15, 0.2) is 11.5 Å². The van der Waals surface area contributed by atoms with Gasteiger partial charge >= 0.3 is 0 Å². The number of carbonyl (C=O) groups excluding carboxylic acids is 1. The van der Waals surface area contributed by atoms with E-state index < -0.39 is 0 Å². The van der Waals surface area contributed by atoms with E-state index in [0.29, 0.717) is 55.3 Å². The number of carbonyl (C=O) groups is 1. The first-order valence-electron chi connectivity index (χ1n) is 10.6. The molecule has 1 N–H and O–H groups in total. The summed E-state index contributed by atoms with van der Waals surface area (Å²) in [7, 11) is 3.16. The highest BCUT2D eigenvalue weighted by Gasteiger charge is 2.14. The van der Waals surface area contributed by atoms with Crippen LogP contribution in [0.25, 0.3) is 11.4 Å². The van der Waals surface area contributed by atoms with E-state index >= 15 is 0 Å². The molecule has 1 amide bonds. The second-order valence-corrected chi connectivity index (χ2v) is 7.42. The molecule has 3 rings (SSSR count). The van der Waals surface area contributed by atoms with Crippen LogP contribution in [0.4, 0.5) is 0 Å². The van der Waals surface area contributed by atoms with Gasteiger partial charge in [-0.1, -0.05) is 24.4 Å². The lowest BCUT2D eigenvalue weighted by atomic mass is 9.98. The molecule has 1 aromatic heterocycles. The fraction of sp³-hybridized carbons (Fsp3) is 0.591. The molecule has 2 aromatic rings. The summed E-state index contributed by atoms with van der Waals surface area (Å²) in [5.41, 5.74) is 0.755. The van der Waals surface area contributed by atoms with Crippen LogP contribution in [0.2, 0.25) is 0 Å². The molecule has 1 aromatic carbocycles. The molecule has 1 aliphatic rings. The minimum Gasteiger partial charge on any atom is -0.493 e. The molecule has 0 unspecified atom stereocenters. The first-order chi connectivity index (χ1) is 14.7. The van der Waals surface area contributed by atoms with Crippen LogP contribution in [0.15, 0.2) is 22.7 Å². The first kappa shape index (κ1) is 22.1. The normalized spacial score (nSPS) is 14.5. The number of hydrogen-bond donors (Lipinski definition) is 1. The van der Waals surface area contributed by atoms with E-state index in [4.69, 9.17) is 18.7 Å². The third kappa shape index (κ3) is 6.45. The van der Waals surface area contributed by atoms with Crippen molar-refractivity contribution >= 4 is 5.91 Å². The summed E-state index contributed by atoms with van der Waals surface area (Å²) in [6.07, 6.45) is 8.13. The average molecular weight is 418 g/mol. The van der Waals surface area contributed by atoms with Crippen molar-refractivity contribution < 1.29 is 23.5 Å². The van der Waals surface area contributed by atoms with Gasteiger partial charge in [-0.05, 0) is 37.5 Å². The predicted molar refractivity (Wildman–Crippen MR) is 112 cm³/mol. The molecule has 0 radical (unpaired) electrons. The molecule has 1 fully saturated rings. The predicted octanol–water partition coefficient (Wildman–Crippen LogP) is 3.54. The van der Waals surface area contributed by atoms with Crippen LogP contribution in [-0.2, 0) is 16.0 Å². The molecule has 164 valence electrons. The number of amides is 1. The summed E-state index contributed by atoms with van der Waals surface area (Å²) in [6, 6.07) is 5.41. The Morgan fingerprint density at radius 1 is 1.17 bits per heavy atom. The Balaban J connectivity index is 1.37. The maximum atomic E-state index is 12.0. The highest BCUT2D eigenvalue weighted by molar-refractivity contribution is 5.76. The van der Waals surface area contributed by atoms with Gasteiger partial charge in [0.2, 0.25) is 17.6 Å². The molecule has 1 aliphatic carbocycles. The van der Waals surface area contributed by atoms with Crippen molar-refractivity contribution in [1.29, 1.82) is 0 Å². The molecule has 8 nitrogen and oxygen atoms in total. The van der Waals surface area contributed by atoms with Gasteiger partial charge in [0.25, 0.3) is 0 Å². The van der Waals surface area contributed by atoms with Crippen molar-refractivity contribution in [3.8, 4) is 22.9 Å². The Labute approximate surface area is 177 Å². The minimum atomic E-state index is -0.0291. The monoisotopic (exact) mass is 417 g/mol. The second-order valence-electron chi connectivity index (χ2n) is 7.42. The molecule has 1 saturated carbocycles. The van der Waals surface area contributed by atoms with E-state index in [0.717, 1.165) is 12.0 Å². The third-order valence-electron chi connectivity index (χ3n) is 5.22. The fourth-order valence-electron chi connectivity index (χ4n) is 3.54. The molecular formula is C22H31N3O5. The van der Waals surface area contributed by atoms with Gasteiger partial charge in [-0.25, -0.2) is 0 Å². The zero-order valence-corrected chi connectivity index (χ0v) is 17.8. The molecular weight excluding hydrogens is 386 g/mol. The third-order valence-corrected chi connectivity index (χ3v) is 5.22. The summed E-state index contributed by atoms with van der Waals surface area (Å²) in [4.78, 5) is 16.4. The summed E-state index contributed by atoms with van der Waals surface area (Å²) >= 11 is 0. The van der Waals surface area contributed by atoms with Crippen molar-refractivity contribution in [3.05, 3.63) is 24.1 Å². The van der Waals surface area contributed by atoms with Crippen LogP contribution in [0.1, 0.15) is 50.8 Å². The molecule has 0 atom stereocenters. The molecule has 0 aliphatic heterocycles. The number of aromatic nitrogens is 2. The maximum Gasteiger partial charge on any atom is 0.227 e. The number of nitrogens with one attached hydrogen (secondary N) is 1. The highest BCUT2D eigenvalue weighted by Crippen LogP contribution is 2.31. The minimum absolute atomic E-state index is 0.0291. The van der Waals surface area contributed by atoms with E-state index in [1.807, 2.05) is 6.07 Å². The lowest BCUT2D eigenvalue weighted by molar-refractivity contribution is -0.121. The van der Waals surface area contributed by atoms with Crippen molar-refractivity contribution in [2.24, 2.45) is 0 Å². The van der Waals surface area contributed by atoms with Gasteiger partial charge in [-0.3, -0.25) is 4.79 Å². The van der Waals surface area contributed by atoms with Crippen molar-refractivity contribution in [2.45, 2.75) is 57.5 Å². The summed E-state index contributed by atoms with van der Waals surface area (Å²) < 4.78 is 21.7. The smallest absolute Gasteiger partial charge is 0.227 e. The largest absolute Gasteiger partial charge is 0.493 e. The number of ether oxygens (including phenoxy) is 3. The quantitative estimate of drug-likeness (QED) is 0.559. The van der Waals surface area contributed by atoms with Crippen molar-refractivity contribution in [1.82, 2.24) is 15.5 Å². The zero-order chi connectivity index (χ0) is 21.2. The van der Waals surface area contributed by atoms with Gasteiger partial charge in [0.05, 0.1) is 20.3 Å². The van der Waals surface area contributed by atoms with Crippen LogP contribution in [0.5, 0.6) is 11.5 Å². The van der Waals surface area contributed by atoms with E-state index in [1.165, 1.54) is 32.1 Å². The van der Waals surface area contributed by atoms with Gasteiger partial charge in [0, 0.05) is 31.6 Å². The molecule has 1 heterocycles. The van der Waals surface area contributed by atoms with Crippen LogP contribution in [-0.4, -0.2) is 49.5 Å². The summed E-state index contributed by atoms with van der Waals surface area (Å²) in [5.74, 6) is 2.07. The second kappa shape index (κ2) is 11.5. The topological polar surface area (TPSA) is 95.7 Å². The highest BCUT2D eigenvalue weighted by atomic mass is 16.5. The summed E-state index contributed by atoms with van der Waals surface area (Å²) in [6.45, 7) is 1.32. The Morgan fingerprint density at radius 2 is 1.97 bits per heavy atom. The van der Waals surface area contributed by atoms with Gasteiger partial charge in [0.1, 0.15) is 0 Å². The average Bonchev–Trinajstić information content (AvgIpc) is 3.27. The molecule has 0 bridgehead atoms. The van der Waals surface area contributed by atoms with Gasteiger partial charge < -0.3 is 24.1 Å². The fourth-order valence-corrected chi connectivity index (χ4v) is 3.54. The summed E-state index contributed by atoms with van der Waals surface area (Å²) in [5, 5.41) is 6.91. The van der Waals surface area contributed by atoms with Crippen LogP contribution in [0.3, 0.4) is 0 Å². The SMILES string of the molecule is COc1ccc(-c2noc(CCC(=O)NCCCOC3CCCCC3)n2)cc1OC. The Kier molecular flexibility index (Phi) is 8.50. The number of hydrogen-bond acceptors (Lipinski definition) is 7. The number of aryl methyl sites for hydroxylation is 1. The van der Waals surface area contributed by atoms with E-state index in [1.54, 1.807) is 26.4 Å². The Morgan fingerprint density at radius 3 is 2.73 bits per heavy atom. The van der Waals surface area contributed by atoms with Crippen molar-refractivity contribution in [3.63, 3.8) is 0 Å². The standard InChI is InChI=1S/C22H31N3O5/c1-27-18-10-9-16(15-19(18)28-2)22-24-21(30-25-22)12-11-20(26)23-13-6-14-29-17-7-4-3-5-8-17/h9-10,15,17H,3-8,11-14H2,1-2H3,(H,23,26). The molecule has 0 saturated heterocycles. The number of nitrogens with zero attached hydrogens (tertiary/aromatic N) is 2. The Bertz CT molecular complexity index is 802. The van der Waals surface area contributed by atoms with E-state index in [2.05, 4.69) is 15.5 Å². The molecule has 0 spiro atoms. The number of methoxy groups -OCH3 is 2. The van der Waals surface area contributed by atoms with E-state index in [9.17, 15) is 4.79 Å². The van der Waals surface area contributed by atoms with Crippen molar-refractivity contribution in [2.75, 3.05) is 27.4 Å². The maximum absolute atomic E-state index is 12.0. The number of rotatable bonds is 11. The lowest BCUT2D eigenvalue weighted by Gasteiger charge is -2.21. The van der Waals surface area contributed by atoms with Gasteiger partial charge in [-0.2, -0.15) is 4.98 Å². The van der Waals surface area contributed by atoms with Gasteiger partial charge in [-0.15, -0.1) is 0 Å². The molecule has 8 heteroatoms. The lowest BCUT2D eigenvalue weighted by Crippen LogP contribution is -2.26. The molecule has 30 heavy (non-hydrogen) atoms. The van der Waals surface area contributed by atoms with Crippen LogP contribution >= 0.6 is 0 Å². The van der Waals surface area contributed by atoms with Crippen LogP contribution < -0.4 is 14.8 Å². The van der Waals surface area contributed by atoms with E-state index in [-0.39, 0.29) is 5.91 Å². The Hall–Kier alpha value is -2.61. The number of benzene rings is 1. The van der Waals surface area contributed by atoms with Crippen LogP contribution in [0, 0.1) is 0 Å².